The van der Waals surface area contributed by atoms with Gasteiger partial charge in [-0.2, -0.15) is 5.10 Å². The summed E-state index contributed by atoms with van der Waals surface area (Å²) < 4.78 is 2.06. The van der Waals surface area contributed by atoms with Crippen LogP contribution in [-0.2, 0) is 6.54 Å². The van der Waals surface area contributed by atoms with E-state index < -0.39 is 0 Å². The average molecular weight is 224 g/mol. The van der Waals surface area contributed by atoms with Crippen LogP contribution in [0.15, 0.2) is 6.33 Å². The minimum atomic E-state index is 0.485. The molecule has 1 aromatic rings. The lowest BCUT2D eigenvalue weighted by molar-refractivity contribution is 0.403. The number of nitrogens with zero attached hydrogens (tertiary/aromatic N) is 3. The van der Waals surface area contributed by atoms with Gasteiger partial charge in [-0.3, -0.25) is 0 Å². The van der Waals surface area contributed by atoms with Crippen molar-refractivity contribution in [1.82, 2.24) is 20.1 Å². The number of aromatic nitrogens is 3. The molecule has 1 heterocycles. The highest BCUT2D eigenvalue weighted by Crippen LogP contribution is 2.15. The molecule has 0 bridgehead atoms. The first-order valence-electron chi connectivity index (χ1n) is 6.28. The first kappa shape index (κ1) is 13.2. The maximum absolute atomic E-state index is 4.32. The SMILES string of the molecule is CCC(CC)n1ncnc1CNCC(C)C. The van der Waals surface area contributed by atoms with Crippen LogP contribution in [0.1, 0.15) is 52.4 Å². The number of hydrogen-bond donors (Lipinski definition) is 1. The van der Waals surface area contributed by atoms with Crippen molar-refractivity contribution in [3.8, 4) is 0 Å². The third kappa shape index (κ3) is 3.59. The van der Waals surface area contributed by atoms with Crippen LogP contribution < -0.4 is 5.32 Å². The summed E-state index contributed by atoms with van der Waals surface area (Å²) in [7, 11) is 0. The number of rotatable bonds is 7. The van der Waals surface area contributed by atoms with Gasteiger partial charge in [0, 0.05) is 0 Å². The van der Waals surface area contributed by atoms with Gasteiger partial charge in [0.15, 0.2) is 0 Å². The molecule has 4 nitrogen and oxygen atoms in total. The van der Waals surface area contributed by atoms with E-state index in [2.05, 4.69) is 47.8 Å². The van der Waals surface area contributed by atoms with Gasteiger partial charge >= 0.3 is 0 Å². The minimum absolute atomic E-state index is 0.485. The maximum atomic E-state index is 4.32. The van der Waals surface area contributed by atoms with E-state index in [-0.39, 0.29) is 0 Å². The largest absolute Gasteiger partial charge is 0.310 e. The van der Waals surface area contributed by atoms with Crippen LogP contribution in [0.2, 0.25) is 0 Å². The van der Waals surface area contributed by atoms with Crippen LogP contribution >= 0.6 is 0 Å². The van der Waals surface area contributed by atoms with E-state index in [1.54, 1.807) is 6.33 Å². The highest BCUT2D eigenvalue weighted by Gasteiger charge is 2.11. The fraction of sp³-hybridized carbons (Fsp3) is 0.833. The summed E-state index contributed by atoms with van der Waals surface area (Å²) in [4.78, 5) is 4.32. The van der Waals surface area contributed by atoms with Gasteiger partial charge in [0.05, 0.1) is 12.6 Å². The first-order valence-corrected chi connectivity index (χ1v) is 6.28. The van der Waals surface area contributed by atoms with Crippen molar-refractivity contribution >= 4 is 0 Å². The van der Waals surface area contributed by atoms with Crippen LogP contribution in [0.5, 0.6) is 0 Å². The topological polar surface area (TPSA) is 42.7 Å². The van der Waals surface area contributed by atoms with Crippen LogP contribution in [0.3, 0.4) is 0 Å². The highest BCUT2D eigenvalue weighted by molar-refractivity contribution is 4.87. The highest BCUT2D eigenvalue weighted by atomic mass is 15.4. The smallest absolute Gasteiger partial charge is 0.141 e. The quantitative estimate of drug-likeness (QED) is 0.773. The van der Waals surface area contributed by atoms with Crippen LogP contribution in [-0.4, -0.2) is 21.3 Å². The van der Waals surface area contributed by atoms with E-state index in [1.807, 2.05) is 0 Å². The molecule has 92 valence electrons. The van der Waals surface area contributed by atoms with Gasteiger partial charge in [-0.25, -0.2) is 9.67 Å². The molecule has 0 aromatic carbocycles. The molecule has 0 saturated carbocycles. The molecule has 0 spiro atoms. The summed E-state index contributed by atoms with van der Waals surface area (Å²) in [6.45, 7) is 10.6. The molecule has 0 aliphatic heterocycles. The van der Waals surface area contributed by atoms with Gasteiger partial charge in [-0.05, 0) is 25.3 Å². The van der Waals surface area contributed by atoms with Crippen LogP contribution in [0.4, 0.5) is 0 Å². The molecule has 1 aromatic heterocycles. The predicted octanol–water partition coefficient (Wildman–Crippen LogP) is 2.38. The molecule has 1 rings (SSSR count). The molecule has 0 saturated heterocycles. The molecular formula is C12H24N4. The first-order chi connectivity index (χ1) is 7.69. The van der Waals surface area contributed by atoms with E-state index in [1.165, 1.54) is 0 Å². The zero-order chi connectivity index (χ0) is 12.0. The van der Waals surface area contributed by atoms with Crippen LogP contribution in [0, 0.1) is 5.92 Å². The zero-order valence-electron chi connectivity index (χ0n) is 10.9. The Labute approximate surface area is 98.5 Å². The van der Waals surface area contributed by atoms with Crippen LogP contribution in [0.25, 0.3) is 0 Å². The summed E-state index contributed by atoms with van der Waals surface area (Å²) in [5.41, 5.74) is 0. The van der Waals surface area contributed by atoms with E-state index in [0.717, 1.165) is 31.8 Å². The Morgan fingerprint density at radius 3 is 2.56 bits per heavy atom. The fourth-order valence-electron chi connectivity index (χ4n) is 1.81. The molecule has 4 heteroatoms. The van der Waals surface area contributed by atoms with Gasteiger partial charge in [0.2, 0.25) is 0 Å². The van der Waals surface area contributed by atoms with Crippen molar-refractivity contribution in [2.24, 2.45) is 5.92 Å². The van der Waals surface area contributed by atoms with Gasteiger partial charge in [-0.15, -0.1) is 0 Å². The molecule has 16 heavy (non-hydrogen) atoms. The van der Waals surface area contributed by atoms with Crippen molar-refractivity contribution in [3.63, 3.8) is 0 Å². The summed E-state index contributed by atoms with van der Waals surface area (Å²) >= 11 is 0. The van der Waals surface area contributed by atoms with Gasteiger partial charge in [-0.1, -0.05) is 27.7 Å². The van der Waals surface area contributed by atoms with Crippen molar-refractivity contribution in [3.05, 3.63) is 12.2 Å². The monoisotopic (exact) mass is 224 g/mol. The van der Waals surface area contributed by atoms with Crippen molar-refractivity contribution in [1.29, 1.82) is 0 Å². The summed E-state index contributed by atoms with van der Waals surface area (Å²) in [5.74, 6) is 1.72. The molecule has 0 fully saturated rings. The molecule has 0 radical (unpaired) electrons. The van der Waals surface area contributed by atoms with Gasteiger partial charge < -0.3 is 5.32 Å². The average Bonchev–Trinajstić information content (AvgIpc) is 2.68. The second-order valence-electron chi connectivity index (χ2n) is 4.62. The van der Waals surface area contributed by atoms with E-state index >= 15 is 0 Å². The van der Waals surface area contributed by atoms with Crippen molar-refractivity contribution in [2.75, 3.05) is 6.54 Å². The molecule has 0 aliphatic carbocycles. The minimum Gasteiger partial charge on any atom is -0.310 e. The Hall–Kier alpha value is -0.900. The van der Waals surface area contributed by atoms with E-state index in [9.17, 15) is 0 Å². The lowest BCUT2D eigenvalue weighted by atomic mass is 10.2. The lowest BCUT2D eigenvalue weighted by Gasteiger charge is -2.16. The predicted molar refractivity (Wildman–Crippen MR) is 66.2 cm³/mol. The Morgan fingerprint density at radius 2 is 2.00 bits per heavy atom. The third-order valence-electron chi connectivity index (χ3n) is 2.77. The van der Waals surface area contributed by atoms with Crippen molar-refractivity contribution < 1.29 is 0 Å². The van der Waals surface area contributed by atoms with E-state index in [0.29, 0.717) is 12.0 Å². The number of nitrogens with one attached hydrogen (secondary N) is 1. The third-order valence-corrected chi connectivity index (χ3v) is 2.77. The summed E-state index contributed by atoms with van der Waals surface area (Å²) in [6.07, 6.45) is 3.87. The van der Waals surface area contributed by atoms with E-state index in [4.69, 9.17) is 0 Å². The summed E-state index contributed by atoms with van der Waals surface area (Å²) in [6, 6.07) is 0.485. The Bertz CT molecular complexity index is 289. The molecule has 1 N–H and O–H groups in total. The standard InChI is InChI=1S/C12H24N4/c1-5-11(6-2)16-12(14-9-15-16)8-13-7-10(3)4/h9-11,13H,5-8H2,1-4H3. The molecular weight excluding hydrogens is 200 g/mol. The molecule has 0 unspecified atom stereocenters. The zero-order valence-corrected chi connectivity index (χ0v) is 10.9. The normalized spacial score (nSPS) is 11.6. The molecule has 0 amide bonds. The van der Waals surface area contributed by atoms with Crippen molar-refractivity contribution in [2.45, 2.75) is 53.1 Å². The Morgan fingerprint density at radius 1 is 1.31 bits per heavy atom. The second kappa shape index (κ2) is 6.63. The maximum Gasteiger partial charge on any atom is 0.141 e. The second-order valence-corrected chi connectivity index (χ2v) is 4.62. The van der Waals surface area contributed by atoms with Gasteiger partial charge in [0.25, 0.3) is 0 Å². The fourth-order valence-corrected chi connectivity index (χ4v) is 1.81. The molecule has 0 aliphatic rings. The van der Waals surface area contributed by atoms with Gasteiger partial charge in [0.1, 0.15) is 12.2 Å². The Balaban J connectivity index is 2.56. The lowest BCUT2D eigenvalue weighted by Crippen LogP contribution is -2.23. The Kier molecular flexibility index (Phi) is 5.46. The number of hydrogen-bond acceptors (Lipinski definition) is 3. The summed E-state index contributed by atoms with van der Waals surface area (Å²) in [5, 5.41) is 7.73. The molecule has 0 atom stereocenters.